The van der Waals surface area contributed by atoms with Gasteiger partial charge in [0.05, 0.1) is 61.1 Å². The molecule has 0 aliphatic carbocycles. The lowest BCUT2D eigenvalue weighted by atomic mass is 9.90. The van der Waals surface area contributed by atoms with Crippen molar-refractivity contribution in [3.8, 4) is 0 Å². The Balaban J connectivity index is 1.17. The number of aromatic nitrogens is 3. The van der Waals surface area contributed by atoms with Crippen LogP contribution in [0.25, 0.3) is 11.0 Å². The molecule has 88 heavy (non-hydrogen) atoms. The third-order valence-electron chi connectivity index (χ3n) is 16.2. The number of carbonyl (C=O) groups excluding carboxylic acids is 9. The van der Waals surface area contributed by atoms with E-state index in [0.717, 1.165) is 10.9 Å². The maximum Gasteiger partial charge on any atom is 0.312 e. The number of rotatable bonds is 35. The number of hydrogen-bond acceptors (Lipinski definition) is 15. The largest absolute Gasteiger partial charge is 0.379 e. The third kappa shape index (κ3) is 21.0. The number of nitrogens with zero attached hydrogens (tertiary/aromatic N) is 6. The van der Waals surface area contributed by atoms with Crippen LogP contribution in [0.2, 0.25) is 0 Å². The van der Waals surface area contributed by atoms with Gasteiger partial charge < -0.3 is 66.8 Å². The number of nitrogens with one attached hydrogen (secondary N) is 7. The zero-order chi connectivity index (χ0) is 64.6. The summed E-state index contributed by atoms with van der Waals surface area (Å²) >= 11 is 4.36. The van der Waals surface area contributed by atoms with Gasteiger partial charge in [0.15, 0.2) is 0 Å². The van der Waals surface area contributed by atoms with E-state index in [1.165, 1.54) is 20.5 Å². The number of likely N-dealkylation sites (tertiary alicyclic amines) is 1. The lowest BCUT2D eigenvalue weighted by Crippen LogP contribution is -2.55. The zero-order valence-corrected chi connectivity index (χ0v) is 53.4. The van der Waals surface area contributed by atoms with Crippen molar-refractivity contribution in [1.82, 2.24) is 61.1 Å². The molecule has 9 unspecified atom stereocenters. The quantitative estimate of drug-likeness (QED) is 0.0182. The molecule has 0 spiro atoms. The van der Waals surface area contributed by atoms with Gasteiger partial charge in [0.2, 0.25) is 47.3 Å². The highest BCUT2D eigenvalue weighted by Gasteiger charge is 2.43. The van der Waals surface area contributed by atoms with Crippen molar-refractivity contribution in [2.45, 2.75) is 153 Å². The van der Waals surface area contributed by atoms with Gasteiger partial charge in [-0.25, -0.2) is 14.8 Å². The predicted octanol–water partition coefficient (Wildman–Crippen LogP) is 3.15. The van der Waals surface area contributed by atoms with Gasteiger partial charge in [-0.15, -0.1) is 12.6 Å². The summed E-state index contributed by atoms with van der Waals surface area (Å²) < 4.78 is 13.9. The molecule has 4 aromatic rings. The van der Waals surface area contributed by atoms with Gasteiger partial charge in [0, 0.05) is 72.2 Å². The van der Waals surface area contributed by atoms with Crippen LogP contribution in [0.3, 0.4) is 0 Å². The Morgan fingerprint density at radius 2 is 1.49 bits per heavy atom. The average molecular weight is 1240 g/mol. The van der Waals surface area contributed by atoms with Crippen molar-refractivity contribution in [3.63, 3.8) is 0 Å². The standard InChI is InChI=1S/C62H92N14O11S/c1-11-39(4)54(74(8)52(80)36-67-60(84)53(38(2)3)73(6)7)48(86-9)33-51(79)76-30-16-21-47(76)55(87-10)40(5)57(81)72-46(32-41-18-13-12-14-19-41)58(82)66-34-42-23-25-43(26-24-42)70-59(83)45(20-15-28-64-62(63)85)71-50(78)35-65-49(77)22-17-29-75-31-27-44-56(75)68-37-69-61(44)88/h12-14,18-19,23-27,31,37-40,45-48,53-55H,11,15-17,20-22,28-30,32-36H2,1-10H3,(H,65,77)(H,66,82)(H,67,84)(H,70,83)(H,71,78)(H,72,81)(H3,63,64,85)(H,68,69,88). The number of amides is 10. The summed E-state index contributed by atoms with van der Waals surface area (Å²) in [5, 5.41) is 20.6. The van der Waals surface area contributed by atoms with Crippen molar-refractivity contribution in [2.24, 2.45) is 23.5 Å². The van der Waals surface area contributed by atoms with E-state index in [4.69, 9.17) is 15.2 Å². The number of likely N-dealkylation sites (N-methyl/N-ethyl adjacent to an activating group) is 2. The molecule has 2 aromatic carbocycles. The van der Waals surface area contributed by atoms with Gasteiger partial charge in [0.25, 0.3) is 0 Å². The van der Waals surface area contributed by atoms with E-state index in [2.05, 4.69) is 59.8 Å². The fourth-order valence-electron chi connectivity index (χ4n) is 11.3. The van der Waals surface area contributed by atoms with E-state index in [-0.39, 0.29) is 87.3 Å². The molecule has 482 valence electrons. The van der Waals surface area contributed by atoms with E-state index in [1.807, 2.05) is 93.9 Å². The van der Waals surface area contributed by atoms with Crippen LogP contribution in [0.4, 0.5) is 10.5 Å². The van der Waals surface area contributed by atoms with Crippen molar-refractivity contribution in [1.29, 1.82) is 0 Å². The highest BCUT2D eigenvalue weighted by atomic mass is 32.1. The number of aryl methyl sites for hydroxylation is 1. The van der Waals surface area contributed by atoms with Crippen molar-refractivity contribution < 1.29 is 52.6 Å². The highest BCUT2D eigenvalue weighted by molar-refractivity contribution is 7.80. The number of urea groups is 1. The number of hydrogen-bond donors (Lipinski definition) is 9. The molecule has 5 rings (SSSR count). The number of methoxy groups -OCH3 is 2. The molecule has 1 aliphatic rings. The van der Waals surface area contributed by atoms with E-state index < -0.39 is 78.0 Å². The second-order valence-electron chi connectivity index (χ2n) is 23.0. The van der Waals surface area contributed by atoms with Crippen LogP contribution in [0.1, 0.15) is 97.1 Å². The summed E-state index contributed by atoms with van der Waals surface area (Å²) in [6.45, 7) is 10.1. The number of nitrogens with two attached hydrogens (primary N) is 1. The Kier molecular flexibility index (Phi) is 28.6. The maximum atomic E-state index is 14.4. The highest BCUT2D eigenvalue weighted by Crippen LogP contribution is 2.30. The average Bonchev–Trinajstić information content (AvgIpc) is 3.81. The van der Waals surface area contributed by atoms with Crippen molar-refractivity contribution in [3.05, 3.63) is 84.3 Å². The maximum absolute atomic E-state index is 14.4. The normalized spacial score (nSPS) is 15.9. The minimum Gasteiger partial charge on any atom is -0.379 e. The molecule has 0 bridgehead atoms. The molecular formula is C62H92N14O11S. The van der Waals surface area contributed by atoms with Gasteiger partial charge >= 0.3 is 6.03 Å². The molecule has 0 radical (unpaired) electrons. The second-order valence-corrected chi connectivity index (χ2v) is 23.5. The van der Waals surface area contributed by atoms with Crippen LogP contribution in [0.5, 0.6) is 0 Å². The minimum absolute atomic E-state index is 0.0193. The molecule has 9 N–H and O–H groups in total. The third-order valence-corrected chi connectivity index (χ3v) is 16.5. The number of carbonyl (C=O) groups is 9. The van der Waals surface area contributed by atoms with E-state index >= 15 is 0 Å². The van der Waals surface area contributed by atoms with Crippen molar-refractivity contribution >= 4 is 82.6 Å². The SMILES string of the molecule is CCC(C)C(C(CC(=O)N1CCCC1C(OC)C(C)C(=O)NC(Cc1ccccc1)C(=O)NCc1ccc(NC(=O)C(CCCNC(N)=O)NC(=O)CNC(=O)CCCn2ccc3c(S)ncnc32)cc1)OC)N(C)C(=O)CNC(=O)C(C(C)C)N(C)C. The topological polar surface area (TPSA) is 323 Å². The molecule has 26 heteroatoms. The number of anilines is 1. The van der Waals surface area contributed by atoms with Crippen LogP contribution in [-0.2, 0) is 67.3 Å². The molecule has 1 aliphatic heterocycles. The number of fused-ring (bicyclic) bond motifs is 1. The van der Waals surface area contributed by atoms with Gasteiger partial charge in [0.1, 0.15) is 29.1 Å². The predicted molar refractivity (Wildman–Crippen MR) is 336 cm³/mol. The van der Waals surface area contributed by atoms with Crippen LogP contribution in [0, 0.1) is 17.8 Å². The molecule has 2 aromatic heterocycles. The van der Waals surface area contributed by atoms with E-state index in [0.29, 0.717) is 67.1 Å². The van der Waals surface area contributed by atoms with Crippen LogP contribution in [-0.4, -0.2) is 186 Å². The summed E-state index contributed by atoms with van der Waals surface area (Å²) in [5.41, 5.74) is 7.78. The lowest BCUT2D eigenvalue weighted by Gasteiger charge is -2.39. The van der Waals surface area contributed by atoms with Crippen molar-refractivity contribution in [2.75, 3.05) is 66.9 Å². The molecule has 9 atom stereocenters. The second kappa shape index (κ2) is 35.3. The van der Waals surface area contributed by atoms with E-state index in [9.17, 15) is 43.2 Å². The molecule has 1 saturated heterocycles. The van der Waals surface area contributed by atoms with Gasteiger partial charge in [-0.2, -0.15) is 0 Å². The number of primary amides is 1. The Morgan fingerprint density at radius 1 is 0.773 bits per heavy atom. The summed E-state index contributed by atoms with van der Waals surface area (Å²) in [7, 11) is 8.32. The van der Waals surface area contributed by atoms with E-state index in [1.54, 1.807) is 48.0 Å². The molecule has 25 nitrogen and oxygen atoms in total. The number of ether oxygens (including phenoxy) is 2. The molecule has 0 saturated carbocycles. The fourth-order valence-corrected chi connectivity index (χ4v) is 11.6. The first-order valence-electron chi connectivity index (χ1n) is 30.1. The summed E-state index contributed by atoms with van der Waals surface area (Å²) in [6, 6.07) is 13.6. The Bertz CT molecular complexity index is 2960. The molecule has 10 amide bonds. The van der Waals surface area contributed by atoms with Gasteiger partial charge in [-0.1, -0.05) is 83.5 Å². The number of benzene rings is 2. The first-order valence-corrected chi connectivity index (χ1v) is 30.6. The first kappa shape index (κ1) is 71.1. The molecular weight excluding hydrogens is 1150 g/mol. The van der Waals surface area contributed by atoms with Crippen LogP contribution >= 0.6 is 12.6 Å². The van der Waals surface area contributed by atoms with Crippen LogP contribution in [0.15, 0.2) is 78.2 Å². The molecule has 1 fully saturated rings. The van der Waals surface area contributed by atoms with Crippen LogP contribution < -0.4 is 43.0 Å². The Hall–Kier alpha value is -7.68. The van der Waals surface area contributed by atoms with Gasteiger partial charge in [-0.05, 0) is 87.4 Å². The summed E-state index contributed by atoms with van der Waals surface area (Å²) in [4.78, 5) is 134. The minimum atomic E-state index is -1.05. The number of thiol groups is 1. The molecule has 3 heterocycles. The summed E-state index contributed by atoms with van der Waals surface area (Å²) in [5.74, 6) is -4.07. The zero-order valence-electron chi connectivity index (χ0n) is 52.5. The fraction of sp³-hybridized carbons (Fsp3) is 0.565. The van der Waals surface area contributed by atoms with Gasteiger partial charge in [-0.3, -0.25) is 43.3 Å². The lowest BCUT2D eigenvalue weighted by molar-refractivity contribution is -0.146. The summed E-state index contributed by atoms with van der Waals surface area (Å²) in [6.07, 6.45) is 4.86. The Labute approximate surface area is 521 Å². The smallest absolute Gasteiger partial charge is 0.312 e. The Morgan fingerprint density at radius 3 is 2.14 bits per heavy atom. The monoisotopic (exact) mass is 1240 g/mol. The first-order chi connectivity index (χ1) is 42.0.